The van der Waals surface area contributed by atoms with Crippen LogP contribution in [0.2, 0.25) is 0 Å². The van der Waals surface area contributed by atoms with Gasteiger partial charge < -0.3 is 16.0 Å². The summed E-state index contributed by atoms with van der Waals surface area (Å²) in [5.41, 5.74) is 5.76. The molecule has 1 saturated carbocycles. The zero-order valence-corrected chi connectivity index (χ0v) is 10.8. The van der Waals surface area contributed by atoms with Crippen LogP contribution in [0.3, 0.4) is 0 Å². The van der Waals surface area contributed by atoms with E-state index in [0.717, 1.165) is 25.0 Å². The SMILES string of the molecule is CC1CC(Nc2nc(N)nc(N3CCCC3)n2)C1. The van der Waals surface area contributed by atoms with Gasteiger partial charge in [0.2, 0.25) is 17.8 Å². The molecule has 0 bridgehead atoms. The molecular weight excluding hydrogens is 228 g/mol. The van der Waals surface area contributed by atoms with Crippen LogP contribution in [0, 0.1) is 5.92 Å². The maximum Gasteiger partial charge on any atom is 0.231 e. The number of hydrogen-bond donors (Lipinski definition) is 2. The van der Waals surface area contributed by atoms with Gasteiger partial charge in [0.05, 0.1) is 0 Å². The Morgan fingerprint density at radius 3 is 2.56 bits per heavy atom. The molecule has 1 saturated heterocycles. The predicted molar refractivity (Wildman–Crippen MR) is 71.5 cm³/mol. The Bertz CT molecular complexity index is 423. The molecule has 18 heavy (non-hydrogen) atoms. The number of aromatic nitrogens is 3. The van der Waals surface area contributed by atoms with Crippen LogP contribution in [-0.4, -0.2) is 34.1 Å². The molecule has 3 rings (SSSR count). The summed E-state index contributed by atoms with van der Waals surface area (Å²) in [5.74, 6) is 2.46. The first-order chi connectivity index (χ1) is 8.70. The smallest absolute Gasteiger partial charge is 0.231 e. The van der Waals surface area contributed by atoms with E-state index in [2.05, 4.69) is 32.1 Å². The van der Waals surface area contributed by atoms with E-state index in [-0.39, 0.29) is 0 Å². The summed E-state index contributed by atoms with van der Waals surface area (Å²) in [6, 6.07) is 0.494. The van der Waals surface area contributed by atoms with Gasteiger partial charge in [0.25, 0.3) is 0 Å². The van der Waals surface area contributed by atoms with E-state index in [1.807, 2.05) is 0 Å². The number of hydrogen-bond acceptors (Lipinski definition) is 6. The number of nitrogens with two attached hydrogens (primary N) is 1. The Hall–Kier alpha value is -1.59. The molecule has 6 heteroatoms. The van der Waals surface area contributed by atoms with Crippen LogP contribution < -0.4 is 16.0 Å². The molecular formula is C12H20N6. The van der Waals surface area contributed by atoms with Crippen LogP contribution in [0.4, 0.5) is 17.8 Å². The monoisotopic (exact) mass is 248 g/mol. The van der Waals surface area contributed by atoms with Crippen molar-refractivity contribution < 1.29 is 0 Å². The van der Waals surface area contributed by atoms with Crippen LogP contribution in [0.1, 0.15) is 32.6 Å². The quantitative estimate of drug-likeness (QED) is 0.838. The third-order valence-electron chi connectivity index (χ3n) is 3.74. The first kappa shape index (κ1) is 11.5. The molecule has 2 aliphatic rings. The molecule has 0 amide bonds. The number of rotatable bonds is 3. The Morgan fingerprint density at radius 1 is 1.17 bits per heavy atom. The highest BCUT2D eigenvalue weighted by atomic mass is 15.3. The minimum Gasteiger partial charge on any atom is -0.368 e. The minimum absolute atomic E-state index is 0.307. The van der Waals surface area contributed by atoms with Crippen molar-refractivity contribution in [2.75, 3.05) is 29.0 Å². The average Bonchev–Trinajstić information content (AvgIpc) is 2.79. The van der Waals surface area contributed by atoms with Crippen molar-refractivity contribution in [2.45, 2.75) is 38.6 Å². The van der Waals surface area contributed by atoms with Gasteiger partial charge in [0, 0.05) is 19.1 Å². The lowest BCUT2D eigenvalue weighted by atomic mass is 9.82. The van der Waals surface area contributed by atoms with Crippen molar-refractivity contribution in [1.82, 2.24) is 15.0 Å². The fourth-order valence-corrected chi connectivity index (χ4v) is 2.71. The maximum absolute atomic E-state index is 5.76. The highest BCUT2D eigenvalue weighted by Gasteiger charge is 2.26. The third-order valence-corrected chi connectivity index (χ3v) is 3.74. The number of nitrogen functional groups attached to an aromatic ring is 1. The van der Waals surface area contributed by atoms with E-state index >= 15 is 0 Å². The highest BCUT2D eigenvalue weighted by molar-refractivity contribution is 5.43. The van der Waals surface area contributed by atoms with Gasteiger partial charge in [-0.15, -0.1) is 0 Å². The number of anilines is 3. The van der Waals surface area contributed by atoms with Gasteiger partial charge in [-0.3, -0.25) is 0 Å². The number of nitrogens with zero attached hydrogens (tertiary/aromatic N) is 4. The van der Waals surface area contributed by atoms with E-state index in [9.17, 15) is 0 Å². The Balaban J connectivity index is 1.73. The molecule has 0 radical (unpaired) electrons. The standard InChI is InChI=1S/C12H20N6/c1-8-6-9(7-8)14-11-15-10(13)16-12(17-11)18-4-2-3-5-18/h8-9H,2-7H2,1H3,(H3,13,14,15,16,17). The largest absolute Gasteiger partial charge is 0.368 e. The summed E-state index contributed by atoms with van der Waals surface area (Å²) in [5, 5.41) is 3.34. The molecule has 98 valence electrons. The molecule has 3 N–H and O–H groups in total. The van der Waals surface area contributed by atoms with E-state index in [4.69, 9.17) is 5.73 Å². The average molecular weight is 248 g/mol. The lowest BCUT2D eigenvalue weighted by Crippen LogP contribution is -2.34. The Labute approximate surface area is 107 Å². The van der Waals surface area contributed by atoms with Crippen molar-refractivity contribution in [3.8, 4) is 0 Å². The van der Waals surface area contributed by atoms with Crippen LogP contribution in [-0.2, 0) is 0 Å². The molecule has 0 atom stereocenters. The lowest BCUT2D eigenvalue weighted by molar-refractivity contribution is 0.308. The fourth-order valence-electron chi connectivity index (χ4n) is 2.71. The molecule has 0 spiro atoms. The van der Waals surface area contributed by atoms with Gasteiger partial charge in [-0.25, -0.2) is 0 Å². The summed E-state index contributed by atoms with van der Waals surface area (Å²) in [4.78, 5) is 15.0. The normalized spacial score (nSPS) is 27.1. The van der Waals surface area contributed by atoms with Gasteiger partial charge in [-0.05, 0) is 31.6 Å². The zero-order valence-electron chi connectivity index (χ0n) is 10.8. The molecule has 1 aliphatic heterocycles. The van der Waals surface area contributed by atoms with Crippen LogP contribution in [0.25, 0.3) is 0 Å². The summed E-state index contributed by atoms with van der Waals surface area (Å²) in [6.07, 6.45) is 4.78. The molecule has 2 heterocycles. The summed E-state index contributed by atoms with van der Waals surface area (Å²) >= 11 is 0. The predicted octanol–water partition coefficient (Wildman–Crippen LogP) is 1.26. The second-order valence-electron chi connectivity index (χ2n) is 5.43. The van der Waals surface area contributed by atoms with Crippen molar-refractivity contribution in [3.63, 3.8) is 0 Å². The molecule has 2 fully saturated rings. The summed E-state index contributed by atoms with van der Waals surface area (Å²) < 4.78 is 0. The molecule has 0 aromatic carbocycles. The van der Waals surface area contributed by atoms with Crippen LogP contribution in [0.5, 0.6) is 0 Å². The number of nitrogens with one attached hydrogen (secondary N) is 1. The van der Waals surface area contributed by atoms with E-state index < -0.39 is 0 Å². The first-order valence-electron chi connectivity index (χ1n) is 6.74. The third kappa shape index (κ3) is 2.32. The minimum atomic E-state index is 0.307. The Morgan fingerprint density at radius 2 is 1.89 bits per heavy atom. The van der Waals surface area contributed by atoms with Gasteiger partial charge in [0.1, 0.15) is 0 Å². The van der Waals surface area contributed by atoms with Crippen LogP contribution >= 0.6 is 0 Å². The van der Waals surface area contributed by atoms with Gasteiger partial charge in [-0.1, -0.05) is 6.92 Å². The molecule has 6 nitrogen and oxygen atoms in total. The first-order valence-corrected chi connectivity index (χ1v) is 6.74. The van der Waals surface area contributed by atoms with Crippen LogP contribution in [0.15, 0.2) is 0 Å². The van der Waals surface area contributed by atoms with Crippen molar-refractivity contribution in [3.05, 3.63) is 0 Å². The lowest BCUT2D eigenvalue weighted by Gasteiger charge is -2.33. The second kappa shape index (κ2) is 4.59. The molecule has 0 unspecified atom stereocenters. The second-order valence-corrected chi connectivity index (χ2v) is 5.43. The zero-order chi connectivity index (χ0) is 12.5. The summed E-state index contributed by atoms with van der Waals surface area (Å²) in [6.45, 7) is 4.29. The van der Waals surface area contributed by atoms with Gasteiger partial charge >= 0.3 is 0 Å². The van der Waals surface area contributed by atoms with Gasteiger partial charge in [0.15, 0.2) is 0 Å². The van der Waals surface area contributed by atoms with Crippen molar-refractivity contribution in [1.29, 1.82) is 0 Å². The molecule has 1 aliphatic carbocycles. The Kier molecular flexibility index (Phi) is 2.93. The van der Waals surface area contributed by atoms with Crippen molar-refractivity contribution in [2.24, 2.45) is 5.92 Å². The molecule has 1 aromatic heterocycles. The molecule has 1 aromatic rings. The van der Waals surface area contributed by atoms with E-state index in [1.54, 1.807) is 0 Å². The van der Waals surface area contributed by atoms with E-state index in [1.165, 1.54) is 25.7 Å². The van der Waals surface area contributed by atoms with Crippen molar-refractivity contribution >= 4 is 17.8 Å². The highest BCUT2D eigenvalue weighted by Crippen LogP contribution is 2.29. The van der Waals surface area contributed by atoms with Gasteiger partial charge in [-0.2, -0.15) is 15.0 Å². The van der Waals surface area contributed by atoms with E-state index in [0.29, 0.717) is 17.9 Å². The maximum atomic E-state index is 5.76. The summed E-state index contributed by atoms with van der Waals surface area (Å²) in [7, 11) is 0. The topological polar surface area (TPSA) is 80.0 Å². The fraction of sp³-hybridized carbons (Fsp3) is 0.750.